The minimum atomic E-state index is 0. The van der Waals surface area contributed by atoms with Crippen LogP contribution in [0.1, 0.15) is 230 Å². The van der Waals surface area contributed by atoms with Crippen molar-refractivity contribution in [2.75, 3.05) is 0 Å². The maximum absolute atomic E-state index is 5.40. The van der Waals surface area contributed by atoms with Gasteiger partial charge in [-0.05, 0) is 289 Å². The Kier molecular flexibility index (Phi) is 33.0. The molecule has 10 heteroatoms. The molecule has 16 aromatic rings. The maximum Gasteiger partial charge on any atom is 0.0773 e. The summed E-state index contributed by atoms with van der Waals surface area (Å²) in [5.74, 6) is 4.80. The summed E-state index contributed by atoms with van der Waals surface area (Å²) >= 11 is 0. The van der Waals surface area contributed by atoms with Crippen LogP contribution in [-0.2, 0) is 69.6 Å². The Morgan fingerprint density at radius 2 is 0.649 bits per heavy atom. The van der Waals surface area contributed by atoms with E-state index in [0.717, 1.165) is 108 Å². The van der Waals surface area contributed by atoms with Crippen LogP contribution in [0, 0.1) is 94.4 Å². The minimum absolute atomic E-state index is 0. The van der Waals surface area contributed by atoms with Gasteiger partial charge in [0.1, 0.15) is 0 Å². The van der Waals surface area contributed by atoms with Gasteiger partial charge in [0.2, 0.25) is 0 Å². The Bertz CT molecular complexity index is 6350. The molecule has 0 saturated heterocycles. The molecule has 0 amide bonds. The monoisotopic (exact) mass is 2260 g/mol. The fourth-order valence-corrected chi connectivity index (χ4v) is 21.0. The van der Waals surface area contributed by atoms with E-state index in [9.17, 15) is 0 Å². The van der Waals surface area contributed by atoms with Crippen molar-refractivity contribution in [3.05, 3.63) is 375 Å². The summed E-state index contributed by atoms with van der Waals surface area (Å²) in [7, 11) is 0. The fraction of sp³-hybridized carbons (Fsp3) is 0.289. The summed E-state index contributed by atoms with van der Waals surface area (Å²) in [6, 6.07) is 103. The molecule has 676 valence electrons. The molecule has 3 aliphatic rings. The van der Waals surface area contributed by atoms with Gasteiger partial charge in [-0.2, -0.15) is 0 Å². The van der Waals surface area contributed by atoms with Gasteiger partial charge in [-0.3, -0.25) is 19.9 Å². The number of nitrogens with zero attached hydrogens (tertiary/aromatic N) is 7. The van der Waals surface area contributed by atoms with Crippen LogP contribution < -0.4 is 0 Å². The zero-order valence-electron chi connectivity index (χ0n) is 78.4. The van der Waals surface area contributed by atoms with E-state index in [1.807, 2.05) is 24.3 Å². The van der Waals surface area contributed by atoms with Gasteiger partial charge < -0.3 is 13.7 Å². The molecule has 0 unspecified atom stereocenters. The van der Waals surface area contributed by atoms with Gasteiger partial charge in [0.05, 0.1) is 34.6 Å². The van der Waals surface area contributed by atoms with Crippen LogP contribution in [0.25, 0.3) is 130 Å². The number of rotatable bonds is 21. The summed E-state index contributed by atoms with van der Waals surface area (Å²) in [6.07, 6.45) is 33.3. The molecule has 4 heterocycles. The molecule has 3 aliphatic carbocycles. The zero-order chi connectivity index (χ0) is 88.3. The molecule has 0 aliphatic heterocycles. The van der Waals surface area contributed by atoms with Crippen LogP contribution in [-0.4, -0.2) is 33.6 Å². The van der Waals surface area contributed by atoms with Crippen LogP contribution in [0.3, 0.4) is 0 Å². The summed E-state index contributed by atoms with van der Waals surface area (Å²) < 4.78 is 7.04. The van der Waals surface area contributed by atoms with Gasteiger partial charge in [-0.15, -0.1) is 107 Å². The quantitative estimate of drug-likeness (QED) is 0.0531. The Morgan fingerprint density at radius 3 is 1.09 bits per heavy atom. The first kappa shape index (κ1) is 96.5. The van der Waals surface area contributed by atoms with E-state index in [1.165, 1.54) is 222 Å². The van der Waals surface area contributed by atoms with E-state index in [2.05, 4.69) is 369 Å². The molecule has 7 nitrogen and oxygen atoms in total. The molecule has 0 bridgehead atoms. The third-order valence-corrected chi connectivity index (χ3v) is 26.7. The van der Waals surface area contributed by atoms with Gasteiger partial charge in [-0.1, -0.05) is 239 Å². The Hall–Kier alpha value is -10.5. The second-order valence-corrected chi connectivity index (χ2v) is 37.2. The van der Waals surface area contributed by atoms with Gasteiger partial charge in [0, 0.05) is 127 Å². The number of imidazole rings is 3. The largest absolute Gasteiger partial charge is 0.339 e. The van der Waals surface area contributed by atoms with E-state index >= 15 is 0 Å². The van der Waals surface area contributed by atoms with Crippen LogP contribution in [0.5, 0.6) is 0 Å². The molecule has 4 aromatic heterocycles. The van der Waals surface area contributed by atoms with Crippen molar-refractivity contribution in [1.82, 2.24) is 33.6 Å². The van der Waals surface area contributed by atoms with E-state index in [-0.39, 0.29) is 63.2 Å². The van der Waals surface area contributed by atoms with Crippen molar-refractivity contribution in [2.24, 2.45) is 0 Å². The third-order valence-electron chi connectivity index (χ3n) is 26.7. The number of pyridine rings is 1. The Labute approximate surface area is 823 Å². The summed E-state index contributed by atoms with van der Waals surface area (Å²) in [5, 5.41) is 0. The fourth-order valence-electron chi connectivity index (χ4n) is 21.0. The van der Waals surface area contributed by atoms with Crippen molar-refractivity contribution < 1.29 is 63.2 Å². The number of hydrogen-bond acceptors (Lipinski definition) is 4. The topological polar surface area (TPSA) is 66.3 Å². The first-order valence-corrected chi connectivity index (χ1v) is 47.5. The predicted molar refractivity (Wildman–Crippen MR) is 537 cm³/mol. The van der Waals surface area contributed by atoms with Crippen molar-refractivity contribution in [2.45, 2.75) is 229 Å². The van der Waals surface area contributed by atoms with Gasteiger partial charge in [-0.25, -0.2) is 0 Å². The third kappa shape index (κ3) is 23.1. The molecular formula is C121H124N7Pt3-3. The number of benzene rings is 12. The number of aromatic nitrogens is 7. The molecule has 3 fully saturated rings. The second-order valence-electron chi connectivity index (χ2n) is 37.2. The van der Waals surface area contributed by atoms with Crippen LogP contribution in [0.15, 0.2) is 273 Å². The first-order valence-electron chi connectivity index (χ1n) is 47.5. The van der Waals surface area contributed by atoms with Crippen LogP contribution in [0.4, 0.5) is 0 Å². The number of hydrogen-bond donors (Lipinski definition) is 0. The summed E-state index contributed by atoms with van der Waals surface area (Å²) in [4.78, 5) is 20.5. The molecule has 131 heavy (non-hydrogen) atoms. The van der Waals surface area contributed by atoms with Crippen LogP contribution in [0.2, 0.25) is 0 Å². The van der Waals surface area contributed by atoms with E-state index in [1.54, 1.807) is 16.7 Å². The van der Waals surface area contributed by atoms with Gasteiger partial charge >= 0.3 is 0 Å². The van der Waals surface area contributed by atoms with E-state index in [0.29, 0.717) is 11.8 Å². The normalized spacial score (nSPS) is 13.5. The van der Waals surface area contributed by atoms with Crippen molar-refractivity contribution in [3.63, 3.8) is 0 Å². The molecule has 19 rings (SSSR count). The van der Waals surface area contributed by atoms with Crippen molar-refractivity contribution in [3.8, 4) is 130 Å². The summed E-state index contributed by atoms with van der Waals surface area (Å²) in [5.41, 5.74) is 42.3. The smallest absolute Gasteiger partial charge is 0.0773 e. The van der Waals surface area contributed by atoms with Gasteiger partial charge in [0.15, 0.2) is 0 Å². The maximum atomic E-state index is 5.40. The number of aryl methyl sites for hydroxylation is 12. The Morgan fingerprint density at radius 1 is 0.282 bits per heavy atom. The molecule has 3 saturated carbocycles. The van der Waals surface area contributed by atoms with E-state index in [4.69, 9.17) is 15.0 Å². The summed E-state index contributed by atoms with van der Waals surface area (Å²) in [6.45, 7) is 26.0. The average molecular weight is 2260 g/mol. The molecule has 0 radical (unpaired) electrons. The van der Waals surface area contributed by atoms with Crippen molar-refractivity contribution >= 4 is 0 Å². The number of unbranched alkanes of at least 4 members (excludes halogenated alkanes) is 3. The second kappa shape index (κ2) is 44.8. The predicted octanol–water partition coefficient (Wildman–Crippen LogP) is 32.7. The molecule has 12 aromatic carbocycles. The van der Waals surface area contributed by atoms with Gasteiger partial charge in [0.25, 0.3) is 0 Å². The van der Waals surface area contributed by atoms with Crippen molar-refractivity contribution in [1.29, 1.82) is 0 Å². The molecule has 0 atom stereocenters. The SMILES string of the molecule is CCCCCCc1cc(C)c(-n2cc(-c3cc(C)cc(C)c3)nc2-c2[c-]cccc2)c(C)c1.Cc1cc(-c2cn(-c3c(C4CCCCC4)cc(C4CCCCC4)cc3C3CCCCC3)c(-c3[c-]cccc3)n2)cc(C)n1.Cc1cc(C)cc(-c2cn(-c3c(C)cc(C)cc3C)c(-c3[c-]ccc(-c4cccc(-c5cc(-c6ccccc6)cc(-c6ccccc6)c5)c4)c3)n2)c1.[Pt].[Pt].[Pt]. The average Bonchev–Trinajstić information content (AvgIpc) is 1.68. The van der Waals surface area contributed by atoms with E-state index < -0.39 is 0 Å². The molecular weight excluding hydrogens is 2140 g/mol. The standard InChI is InChI=1S/C50H41N2.C40H48N3.C31H35N2.3Pt/c1-33-22-34(2)26-47(25-33)48-32-52(49-36(4)23-35(3)24-37(49)5)50(51-48)43-21-13-19-41(28-43)40-18-12-20-42(27-40)46-30-44(38-14-8-6-9-15-38)29-45(31-46)39-16-10-7-11-17-39;1-28-23-35(24-29(2)41-28)38-27-43(40(42-38)33-21-13-6-14-22-33)39-36(31-17-9-4-10-18-31)25-34(30-15-7-3-8-16-30)26-37(39)32-19-11-5-12-20-32;1-6-7-8-10-13-26-19-24(4)30(25(5)20-26)33-21-29(28-17-22(2)16-23(3)18-28)32-31(33)27-14-11-9-12-15-27;;;/h6-20,22-32H,1-5H3;6,13-14,21,23-27,30-32H,3-5,7-12,15-20H2,1-2H3;9,11-12,14,16-21H,6-8,10,13H2,1-5H3;;;/q3*-1;;;. The Balaban J connectivity index is 0.000000160. The van der Waals surface area contributed by atoms with Crippen LogP contribution >= 0.6 is 0 Å². The molecule has 0 spiro atoms. The molecule has 0 N–H and O–H groups in total. The minimum Gasteiger partial charge on any atom is -0.339 e. The zero-order valence-corrected chi connectivity index (χ0v) is 85.3. The first-order chi connectivity index (χ1) is 62.4.